The summed E-state index contributed by atoms with van der Waals surface area (Å²) in [5, 5.41) is 15.9. The molecule has 2 rings (SSSR count). The minimum absolute atomic E-state index is 0.0720. The second-order valence-electron chi connectivity index (χ2n) is 6.34. The molecule has 2 heterocycles. The third-order valence-corrected chi connectivity index (χ3v) is 4.76. The van der Waals surface area contributed by atoms with Gasteiger partial charge in [0.2, 0.25) is 0 Å². The highest BCUT2D eigenvalue weighted by molar-refractivity contribution is 5.34. The molecule has 1 aliphatic rings. The topological polar surface area (TPSA) is 54.2 Å². The molecule has 0 aliphatic carbocycles. The average Bonchev–Trinajstić information content (AvgIpc) is 3.07. The molecule has 0 saturated carbocycles. The van der Waals surface area contributed by atoms with Crippen molar-refractivity contribution in [3.05, 3.63) is 61.3 Å². The van der Waals surface area contributed by atoms with Gasteiger partial charge in [-0.3, -0.25) is 4.90 Å². The van der Waals surface area contributed by atoms with Crippen molar-refractivity contribution in [1.29, 1.82) is 0 Å². The average molecular weight is 328 g/mol. The third-order valence-electron chi connectivity index (χ3n) is 4.76. The lowest BCUT2D eigenvalue weighted by molar-refractivity contribution is -0.0266. The quantitative estimate of drug-likeness (QED) is 0.618. The summed E-state index contributed by atoms with van der Waals surface area (Å²) in [4.78, 5) is 6.32. The molecular weight excluding hydrogens is 300 g/mol. The zero-order valence-electron chi connectivity index (χ0n) is 14.7. The van der Waals surface area contributed by atoms with Crippen LogP contribution < -0.4 is 0 Å². The Balaban J connectivity index is 2.35. The van der Waals surface area contributed by atoms with Crippen LogP contribution in [0.5, 0.6) is 0 Å². The number of likely N-dealkylation sites (tertiary alicyclic amines) is 1. The van der Waals surface area contributed by atoms with Gasteiger partial charge in [0, 0.05) is 19.1 Å². The number of aromatic nitrogens is 3. The molecule has 1 aromatic rings. The second kappa shape index (κ2) is 8.22. The molecule has 0 amide bonds. The van der Waals surface area contributed by atoms with Crippen molar-refractivity contribution >= 4 is 0 Å². The Labute approximate surface area is 144 Å². The Hall–Kier alpha value is -1.98. The molecule has 1 aromatic heterocycles. The molecule has 0 unspecified atom stereocenters. The van der Waals surface area contributed by atoms with Crippen LogP contribution in [0.3, 0.4) is 0 Å². The fourth-order valence-corrected chi connectivity index (χ4v) is 3.21. The van der Waals surface area contributed by atoms with E-state index in [9.17, 15) is 5.11 Å². The highest BCUT2D eigenvalue weighted by Gasteiger charge is 2.40. The summed E-state index contributed by atoms with van der Waals surface area (Å²) in [5.41, 5.74) is 1.02. The minimum Gasteiger partial charge on any atom is -0.382 e. The summed E-state index contributed by atoms with van der Waals surface area (Å²) in [6, 6.07) is -0.0720. The van der Waals surface area contributed by atoms with Crippen LogP contribution >= 0.6 is 0 Å². The Morgan fingerprint density at radius 2 is 2.17 bits per heavy atom. The molecule has 0 radical (unpaired) electrons. The van der Waals surface area contributed by atoms with Crippen molar-refractivity contribution in [2.24, 2.45) is 0 Å². The lowest BCUT2D eigenvalue weighted by Gasteiger charge is -2.43. The minimum atomic E-state index is -1.09. The van der Waals surface area contributed by atoms with Crippen molar-refractivity contribution in [1.82, 2.24) is 19.7 Å². The number of hydrogen-bond acceptors (Lipinski definition) is 4. The molecule has 1 fully saturated rings. The molecule has 0 aromatic carbocycles. The van der Waals surface area contributed by atoms with Crippen molar-refractivity contribution in [3.63, 3.8) is 0 Å². The fourth-order valence-electron chi connectivity index (χ4n) is 3.21. The molecule has 5 nitrogen and oxygen atoms in total. The van der Waals surface area contributed by atoms with Gasteiger partial charge in [-0.15, -0.1) is 0 Å². The molecule has 1 N–H and O–H groups in total. The standard InChI is InChI=1S/C19H28N4O/c1-5-7-18(8-6-2)19(24,13-23-15-20-14-21-23)17(4)22-11-9-16(3)10-12-22/h5-8,14-15,17,24H,1,3,9-13H2,2,4H3/b8-6-,18-7+/t17-,19-/m1/s1. The first kappa shape index (κ1) is 18.4. The number of piperidine rings is 1. The monoisotopic (exact) mass is 328 g/mol. The molecular formula is C19H28N4O. The molecule has 1 saturated heterocycles. The first-order chi connectivity index (χ1) is 11.5. The van der Waals surface area contributed by atoms with Crippen molar-refractivity contribution in [2.45, 2.75) is 44.9 Å². The van der Waals surface area contributed by atoms with Crippen LogP contribution in [-0.4, -0.2) is 49.5 Å². The van der Waals surface area contributed by atoms with Gasteiger partial charge in [0.05, 0.1) is 6.54 Å². The van der Waals surface area contributed by atoms with Gasteiger partial charge in [-0.25, -0.2) is 9.67 Å². The van der Waals surface area contributed by atoms with Crippen LogP contribution in [0.25, 0.3) is 0 Å². The SMILES string of the molecule is C=C/C=C(\C=C/C)[C@@](O)(Cn1cncn1)[C@@H](C)N1CCC(=C)CC1. The van der Waals surface area contributed by atoms with Crippen LogP contribution in [-0.2, 0) is 6.54 Å². The summed E-state index contributed by atoms with van der Waals surface area (Å²) in [7, 11) is 0. The van der Waals surface area contributed by atoms with Crippen molar-refractivity contribution < 1.29 is 5.11 Å². The third kappa shape index (κ3) is 4.10. The lowest BCUT2D eigenvalue weighted by atomic mass is 9.84. The van der Waals surface area contributed by atoms with E-state index in [0.717, 1.165) is 31.5 Å². The van der Waals surface area contributed by atoms with Gasteiger partial charge in [0.15, 0.2) is 0 Å². The van der Waals surface area contributed by atoms with Crippen LogP contribution in [0.1, 0.15) is 26.7 Å². The van der Waals surface area contributed by atoms with E-state index in [2.05, 4.69) is 35.1 Å². The first-order valence-corrected chi connectivity index (χ1v) is 8.42. The number of nitrogens with zero attached hydrogens (tertiary/aromatic N) is 4. The van der Waals surface area contributed by atoms with E-state index in [-0.39, 0.29) is 6.04 Å². The molecule has 1 aliphatic heterocycles. The lowest BCUT2D eigenvalue weighted by Crippen LogP contribution is -2.55. The van der Waals surface area contributed by atoms with E-state index in [4.69, 9.17) is 0 Å². The number of aliphatic hydroxyl groups is 1. The van der Waals surface area contributed by atoms with Gasteiger partial charge in [-0.2, -0.15) is 5.10 Å². The fraction of sp³-hybridized carbons (Fsp3) is 0.474. The second-order valence-corrected chi connectivity index (χ2v) is 6.34. The Morgan fingerprint density at radius 3 is 2.71 bits per heavy atom. The van der Waals surface area contributed by atoms with Gasteiger partial charge in [0.25, 0.3) is 0 Å². The molecule has 2 atom stereocenters. The van der Waals surface area contributed by atoms with Crippen LogP contribution in [0.15, 0.2) is 61.3 Å². The first-order valence-electron chi connectivity index (χ1n) is 8.42. The van der Waals surface area contributed by atoms with Crippen molar-refractivity contribution in [2.75, 3.05) is 13.1 Å². The smallest absolute Gasteiger partial charge is 0.137 e. The zero-order valence-corrected chi connectivity index (χ0v) is 14.7. The van der Waals surface area contributed by atoms with Gasteiger partial charge in [-0.05, 0) is 32.3 Å². The van der Waals surface area contributed by atoms with E-state index in [1.165, 1.54) is 11.9 Å². The normalized spacial score (nSPS) is 21.0. The van der Waals surface area contributed by atoms with E-state index >= 15 is 0 Å². The van der Waals surface area contributed by atoms with Gasteiger partial charge in [-0.1, -0.05) is 43.0 Å². The zero-order chi connectivity index (χ0) is 17.6. The molecule has 5 heteroatoms. The number of rotatable bonds is 7. The molecule has 24 heavy (non-hydrogen) atoms. The van der Waals surface area contributed by atoms with E-state index < -0.39 is 5.60 Å². The Bertz CT molecular complexity index is 607. The van der Waals surface area contributed by atoms with E-state index in [1.807, 2.05) is 25.2 Å². The van der Waals surface area contributed by atoms with Gasteiger partial charge < -0.3 is 5.11 Å². The summed E-state index contributed by atoms with van der Waals surface area (Å²) >= 11 is 0. The predicted octanol–water partition coefficient (Wildman–Crippen LogP) is 2.74. The summed E-state index contributed by atoms with van der Waals surface area (Å²) < 4.78 is 1.68. The van der Waals surface area contributed by atoms with Crippen molar-refractivity contribution in [3.8, 4) is 0 Å². The van der Waals surface area contributed by atoms with Gasteiger partial charge >= 0.3 is 0 Å². The maximum absolute atomic E-state index is 11.7. The maximum Gasteiger partial charge on any atom is 0.137 e. The summed E-state index contributed by atoms with van der Waals surface area (Å²) in [5.74, 6) is 0. The van der Waals surface area contributed by atoms with Gasteiger partial charge in [0.1, 0.15) is 18.3 Å². The van der Waals surface area contributed by atoms with Crippen LogP contribution in [0, 0.1) is 0 Å². The van der Waals surface area contributed by atoms with E-state index in [0.29, 0.717) is 6.54 Å². The Morgan fingerprint density at radius 1 is 1.46 bits per heavy atom. The largest absolute Gasteiger partial charge is 0.382 e. The summed E-state index contributed by atoms with van der Waals surface area (Å²) in [6.07, 6.45) is 12.5. The number of allylic oxidation sites excluding steroid dienone is 3. The highest BCUT2D eigenvalue weighted by Crippen LogP contribution is 2.30. The highest BCUT2D eigenvalue weighted by atomic mass is 16.3. The Kier molecular flexibility index (Phi) is 6.29. The maximum atomic E-state index is 11.7. The molecule has 0 spiro atoms. The number of hydrogen-bond donors (Lipinski definition) is 1. The van der Waals surface area contributed by atoms with E-state index in [1.54, 1.807) is 17.1 Å². The predicted molar refractivity (Wildman–Crippen MR) is 97.5 cm³/mol. The molecule has 0 bridgehead atoms. The van der Waals surface area contributed by atoms with Crippen LogP contribution in [0.2, 0.25) is 0 Å². The van der Waals surface area contributed by atoms with Crippen LogP contribution in [0.4, 0.5) is 0 Å². The summed E-state index contributed by atoms with van der Waals surface area (Å²) in [6.45, 7) is 14.1. The molecule has 130 valence electrons.